The van der Waals surface area contributed by atoms with E-state index in [1.165, 1.54) is 17.0 Å². The molecule has 2 aliphatic heterocycles. The third kappa shape index (κ3) is 4.86. The van der Waals surface area contributed by atoms with Gasteiger partial charge in [-0.05, 0) is 82.6 Å². The lowest BCUT2D eigenvalue weighted by Gasteiger charge is -2.39. The van der Waals surface area contributed by atoms with Crippen molar-refractivity contribution in [1.29, 1.82) is 0 Å². The van der Waals surface area contributed by atoms with E-state index in [9.17, 15) is 23.3 Å². The number of carbonyl (C=O) groups is 3. The van der Waals surface area contributed by atoms with E-state index in [0.717, 1.165) is 11.1 Å². The largest absolute Gasteiger partial charge is 0.598 e. The molecule has 2 N–H and O–H groups in total. The Bertz CT molecular complexity index is 978. The van der Waals surface area contributed by atoms with Gasteiger partial charge in [0.25, 0.3) is 0 Å². The number of hydrogen-bond acceptors (Lipinski definition) is 6. The number of hydrogen-bond donors (Lipinski definition) is 2. The van der Waals surface area contributed by atoms with Gasteiger partial charge < -0.3 is 9.29 Å². The van der Waals surface area contributed by atoms with Crippen molar-refractivity contribution in [3.8, 4) is 0 Å². The maximum absolute atomic E-state index is 13.9. The van der Waals surface area contributed by atoms with Crippen LogP contribution >= 0.6 is 0 Å². The van der Waals surface area contributed by atoms with Gasteiger partial charge in [-0.2, -0.15) is 0 Å². The van der Waals surface area contributed by atoms with Crippen LogP contribution in [0.15, 0.2) is 18.2 Å². The highest BCUT2D eigenvalue weighted by molar-refractivity contribution is 7.90. The predicted molar refractivity (Wildman–Crippen MR) is 124 cm³/mol. The van der Waals surface area contributed by atoms with Crippen LogP contribution in [-0.4, -0.2) is 51.3 Å². The van der Waals surface area contributed by atoms with Crippen LogP contribution in [0.3, 0.4) is 0 Å². The summed E-state index contributed by atoms with van der Waals surface area (Å²) >= 11 is -1.43. The van der Waals surface area contributed by atoms with Crippen molar-refractivity contribution in [3.63, 3.8) is 0 Å². The average molecular weight is 494 g/mol. The van der Waals surface area contributed by atoms with E-state index < -0.39 is 45.4 Å². The summed E-state index contributed by atoms with van der Waals surface area (Å²) in [5.41, 5.74) is 0.900. The monoisotopic (exact) mass is 493 g/mol. The summed E-state index contributed by atoms with van der Waals surface area (Å²) in [6.45, 7) is 6.50. The van der Waals surface area contributed by atoms with Crippen LogP contribution in [-0.2, 0) is 37.6 Å². The smallest absolute Gasteiger partial charge is 0.331 e. The number of nitrogens with zero attached hydrogens (tertiary/aromatic N) is 1. The SMILES string of the molecule is CC(C)(C)[S+]([O-])N[C@@]1(CC[C@H]2C(=O)NC(=O)N(C3CCOCC3)C2=O)CCc2cc(F)ccc21. The van der Waals surface area contributed by atoms with Crippen LogP contribution in [0.2, 0.25) is 0 Å². The predicted octanol–water partition coefficient (Wildman–Crippen LogP) is 2.67. The maximum Gasteiger partial charge on any atom is 0.331 e. The molecule has 2 heterocycles. The lowest BCUT2D eigenvalue weighted by molar-refractivity contribution is -0.145. The van der Waals surface area contributed by atoms with Crippen molar-refractivity contribution in [2.24, 2.45) is 5.92 Å². The summed E-state index contributed by atoms with van der Waals surface area (Å²) < 4.78 is 35.0. The molecule has 1 aromatic carbocycles. The first-order valence-corrected chi connectivity index (χ1v) is 12.9. The number of carbonyl (C=O) groups excluding carboxylic acids is 3. The number of benzene rings is 1. The lowest BCUT2D eigenvalue weighted by Crippen LogP contribution is -2.62. The van der Waals surface area contributed by atoms with Gasteiger partial charge in [0.15, 0.2) is 0 Å². The highest BCUT2D eigenvalue weighted by atomic mass is 32.2. The second-order valence-corrected chi connectivity index (χ2v) is 12.3. The van der Waals surface area contributed by atoms with Gasteiger partial charge in [-0.15, -0.1) is 4.72 Å². The molecule has 4 rings (SSSR count). The Balaban J connectivity index is 1.58. The molecule has 186 valence electrons. The standard InChI is InChI=1S/C24H32FN3O5S/c1-23(2,3)34(32)27-24(10-6-15-14-16(25)4-5-19(15)24)11-7-18-20(29)26-22(31)28(21(18)30)17-8-12-33-13-9-17/h4-5,14,17-18,27H,6-13H2,1-3H3,(H,26,29,31)/t18-,24+,34?/m0/s1. The Morgan fingerprint density at radius 3 is 2.65 bits per heavy atom. The van der Waals surface area contributed by atoms with Gasteiger partial charge in [0, 0.05) is 30.6 Å². The zero-order chi connectivity index (χ0) is 24.7. The first kappa shape index (κ1) is 25.1. The van der Waals surface area contributed by atoms with Gasteiger partial charge in [0.2, 0.25) is 11.8 Å². The zero-order valence-corrected chi connectivity index (χ0v) is 20.6. The summed E-state index contributed by atoms with van der Waals surface area (Å²) in [5.74, 6) is -2.46. The summed E-state index contributed by atoms with van der Waals surface area (Å²) in [6, 6.07) is 3.59. The summed E-state index contributed by atoms with van der Waals surface area (Å²) in [7, 11) is 0. The van der Waals surface area contributed by atoms with E-state index >= 15 is 0 Å². The molecule has 0 saturated carbocycles. The molecule has 10 heteroatoms. The lowest BCUT2D eigenvalue weighted by atomic mass is 9.84. The van der Waals surface area contributed by atoms with Gasteiger partial charge in [-0.1, -0.05) is 6.07 Å². The quantitative estimate of drug-likeness (QED) is 0.466. The number of amides is 4. The minimum atomic E-state index is -1.43. The number of rotatable bonds is 6. The zero-order valence-electron chi connectivity index (χ0n) is 19.8. The number of halogens is 1. The Morgan fingerprint density at radius 1 is 1.26 bits per heavy atom. The molecule has 0 radical (unpaired) electrons. The molecule has 0 aromatic heterocycles. The van der Waals surface area contributed by atoms with Crippen molar-refractivity contribution in [2.45, 2.75) is 75.6 Å². The molecule has 2 fully saturated rings. The van der Waals surface area contributed by atoms with Crippen molar-refractivity contribution < 1.29 is 28.1 Å². The molecule has 2 saturated heterocycles. The van der Waals surface area contributed by atoms with Gasteiger partial charge in [-0.25, -0.2) is 9.18 Å². The topological polar surface area (TPSA) is 111 Å². The molecule has 3 atom stereocenters. The number of aryl methyl sites for hydroxylation is 1. The first-order chi connectivity index (χ1) is 16.0. The van der Waals surface area contributed by atoms with Crippen molar-refractivity contribution in [2.75, 3.05) is 13.2 Å². The molecule has 4 amide bonds. The second-order valence-electron chi connectivity index (χ2n) is 10.3. The van der Waals surface area contributed by atoms with Gasteiger partial charge >= 0.3 is 6.03 Å². The highest BCUT2D eigenvalue weighted by Crippen LogP contribution is 2.43. The first-order valence-electron chi connectivity index (χ1n) is 11.8. The van der Waals surface area contributed by atoms with Gasteiger partial charge in [0.1, 0.15) is 16.5 Å². The van der Waals surface area contributed by atoms with Crippen LogP contribution in [0.4, 0.5) is 9.18 Å². The molecular weight excluding hydrogens is 461 g/mol. The molecule has 8 nitrogen and oxygen atoms in total. The molecule has 1 aromatic rings. The van der Waals surface area contributed by atoms with E-state index in [0.29, 0.717) is 45.3 Å². The number of ether oxygens (including phenoxy) is 1. The minimum Gasteiger partial charge on any atom is -0.598 e. The molecule has 34 heavy (non-hydrogen) atoms. The van der Waals surface area contributed by atoms with E-state index in [-0.39, 0.29) is 18.3 Å². The van der Waals surface area contributed by atoms with E-state index in [1.54, 1.807) is 6.07 Å². The average Bonchev–Trinajstić information content (AvgIpc) is 3.11. The molecule has 0 spiro atoms. The second kappa shape index (κ2) is 9.56. The maximum atomic E-state index is 13.9. The number of imide groups is 2. The summed E-state index contributed by atoms with van der Waals surface area (Å²) in [6.07, 6.45) is 2.75. The van der Waals surface area contributed by atoms with Crippen molar-refractivity contribution in [3.05, 3.63) is 35.1 Å². The fourth-order valence-corrected chi connectivity index (χ4v) is 6.01. The Morgan fingerprint density at radius 2 is 1.97 bits per heavy atom. The fourth-order valence-electron chi connectivity index (χ4n) is 5.03. The third-order valence-electron chi connectivity index (χ3n) is 6.96. The Labute approximate surface area is 202 Å². The van der Waals surface area contributed by atoms with Gasteiger partial charge in [0.05, 0.1) is 5.54 Å². The molecule has 1 unspecified atom stereocenters. The van der Waals surface area contributed by atoms with Crippen LogP contribution < -0.4 is 10.0 Å². The molecule has 0 bridgehead atoms. The number of barbiturate groups is 1. The highest BCUT2D eigenvalue weighted by Gasteiger charge is 2.48. The Kier molecular flexibility index (Phi) is 7.06. The third-order valence-corrected chi connectivity index (χ3v) is 8.65. The summed E-state index contributed by atoms with van der Waals surface area (Å²) in [5, 5.41) is 2.34. The van der Waals surface area contributed by atoms with Crippen LogP contribution in [0, 0.1) is 11.7 Å². The fraction of sp³-hybridized carbons (Fsp3) is 0.625. The number of nitrogens with one attached hydrogen (secondary N) is 2. The van der Waals surface area contributed by atoms with Gasteiger partial charge in [-0.3, -0.25) is 19.8 Å². The van der Waals surface area contributed by atoms with Crippen molar-refractivity contribution >= 4 is 29.2 Å². The van der Waals surface area contributed by atoms with Crippen molar-refractivity contribution in [1.82, 2.24) is 14.9 Å². The van der Waals surface area contributed by atoms with E-state index in [2.05, 4.69) is 10.0 Å². The molecular formula is C24H32FN3O5S. The summed E-state index contributed by atoms with van der Waals surface area (Å²) in [4.78, 5) is 39.6. The number of fused-ring (bicyclic) bond motifs is 1. The van der Waals surface area contributed by atoms with Crippen LogP contribution in [0.25, 0.3) is 0 Å². The normalized spacial score (nSPS) is 27.0. The van der Waals surface area contributed by atoms with E-state index in [1.807, 2.05) is 20.8 Å². The number of urea groups is 1. The van der Waals surface area contributed by atoms with E-state index in [4.69, 9.17) is 4.74 Å². The van der Waals surface area contributed by atoms with Crippen LogP contribution in [0.5, 0.6) is 0 Å². The minimum absolute atomic E-state index is 0.169. The molecule has 3 aliphatic rings. The van der Waals surface area contributed by atoms with Crippen LogP contribution in [0.1, 0.15) is 64.0 Å². The molecule has 1 aliphatic carbocycles. The Hall–Kier alpha value is -2.01.